The SMILES string of the molecule is CCCc1nc(CSc2ccccc2F)[nH]c(=O)c1I. The van der Waals surface area contributed by atoms with Crippen molar-refractivity contribution in [2.75, 3.05) is 0 Å². The number of hydrogen-bond acceptors (Lipinski definition) is 3. The quantitative estimate of drug-likeness (QED) is 0.610. The standard InChI is InChI=1S/C14H14FIN2OS/c1-2-5-10-13(16)14(19)18-12(17-10)8-20-11-7-4-3-6-9(11)15/h3-4,6-7H,2,5,8H2,1H3,(H,17,18,19). The van der Waals surface area contributed by atoms with Gasteiger partial charge >= 0.3 is 0 Å². The van der Waals surface area contributed by atoms with Crippen molar-refractivity contribution in [1.82, 2.24) is 9.97 Å². The second kappa shape index (κ2) is 7.21. The zero-order valence-electron chi connectivity index (χ0n) is 11.0. The topological polar surface area (TPSA) is 45.8 Å². The fraction of sp³-hybridized carbons (Fsp3) is 0.286. The lowest BCUT2D eigenvalue weighted by Gasteiger charge is -2.06. The third-order valence-electron chi connectivity index (χ3n) is 2.67. The predicted molar refractivity (Wildman–Crippen MR) is 87.5 cm³/mol. The molecule has 1 aromatic carbocycles. The number of halogens is 2. The third kappa shape index (κ3) is 3.82. The van der Waals surface area contributed by atoms with Crippen molar-refractivity contribution in [3.05, 3.63) is 55.5 Å². The van der Waals surface area contributed by atoms with Gasteiger partial charge in [-0.1, -0.05) is 25.5 Å². The molecule has 0 saturated heterocycles. The first-order valence-electron chi connectivity index (χ1n) is 6.26. The van der Waals surface area contributed by atoms with Gasteiger partial charge in [-0.25, -0.2) is 9.37 Å². The highest BCUT2D eigenvalue weighted by Gasteiger charge is 2.09. The lowest BCUT2D eigenvalue weighted by molar-refractivity contribution is 0.602. The van der Waals surface area contributed by atoms with Crippen LogP contribution in [0.4, 0.5) is 4.39 Å². The fourth-order valence-corrected chi connectivity index (χ4v) is 3.07. The van der Waals surface area contributed by atoms with Crippen LogP contribution in [0.5, 0.6) is 0 Å². The van der Waals surface area contributed by atoms with Crippen molar-refractivity contribution in [2.45, 2.75) is 30.4 Å². The second-order valence-electron chi connectivity index (χ2n) is 4.24. The Balaban J connectivity index is 2.18. The Kier molecular flexibility index (Phi) is 5.59. The first-order valence-corrected chi connectivity index (χ1v) is 8.33. The van der Waals surface area contributed by atoms with E-state index >= 15 is 0 Å². The fourth-order valence-electron chi connectivity index (χ4n) is 1.74. The Bertz CT molecular complexity index is 660. The summed E-state index contributed by atoms with van der Waals surface area (Å²) in [5.74, 6) is 0.787. The molecule has 1 N–H and O–H groups in total. The van der Waals surface area contributed by atoms with Crippen molar-refractivity contribution >= 4 is 34.4 Å². The molecular formula is C14H14FIN2OS. The van der Waals surface area contributed by atoms with Crippen LogP contribution in [0.1, 0.15) is 24.9 Å². The van der Waals surface area contributed by atoms with E-state index in [0.29, 0.717) is 20.0 Å². The van der Waals surface area contributed by atoms with Crippen molar-refractivity contribution < 1.29 is 4.39 Å². The smallest absolute Gasteiger partial charge is 0.264 e. The molecule has 0 unspecified atom stereocenters. The summed E-state index contributed by atoms with van der Waals surface area (Å²) in [6, 6.07) is 6.59. The Hall–Kier alpha value is -0.890. The van der Waals surface area contributed by atoms with Gasteiger partial charge in [0, 0.05) is 4.90 Å². The molecule has 0 atom stereocenters. The highest BCUT2D eigenvalue weighted by Crippen LogP contribution is 2.24. The molecule has 0 aliphatic carbocycles. The van der Waals surface area contributed by atoms with Crippen LogP contribution in [0.2, 0.25) is 0 Å². The molecule has 6 heteroatoms. The molecule has 0 saturated carbocycles. The van der Waals surface area contributed by atoms with Crippen LogP contribution < -0.4 is 5.56 Å². The van der Waals surface area contributed by atoms with E-state index in [9.17, 15) is 9.18 Å². The molecule has 3 nitrogen and oxygen atoms in total. The van der Waals surface area contributed by atoms with Crippen LogP contribution in [0.25, 0.3) is 0 Å². The Morgan fingerprint density at radius 2 is 2.15 bits per heavy atom. The zero-order valence-corrected chi connectivity index (χ0v) is 13.9. The summed E-state index contributed by atoms with van der Waals surface area (Å²) in [5, 5.41) is 0. The van der Waals surface area contributed by atoms with E-state index in [2.05, 4.69) is 9.97 Å². The molecule has 1 aromatic heterocycles. The van der Waals surface area contributed by atoms with E-state index in [1.807, 2.05) is 29.5 Å². The van der Waals surface area contributed by atoms with Gasteiger partial charge in [0.2, 0.25) is 0 Å². The first kappa shape index (κ1) is 15.5. The molecule has 0 spiro atoms. The molecule has 0 amide bonds. The van der Waals surface area contributed by atoms with Gasteiger partial charge in [0.05, 0.1) is 15.0 Å². The number of hydrogen-bond donors (Lipinski definition) is 1. The number of H-pyrrole nitrogens is 1. The van der Waals surface area contributed by atoms with Crippen molar-refractivity contribution in [2.24, 2.45) is 0 Å². The Labute approximate surface area is 134 Å². The zero-order chi connectivity index (χ0) is 14.5. The molecule has 106 valence electrons. The van der Waals surface area contributed by atoms with E-state index < -0.39 is 0 Å². The van der Waals surface area contributed by atoms with Crippen molar-refractivity contribution in [3.63, 3.8) is 0 Å². The third-order valence-corrected chi connectivity index (χ3v) is 4.84. The normalized spacial score (nSPS) is 10.8. The van der Waals surface area contributed by atoms with E-state index in [4.69, 9.17) is 0 Å². The van der Waals surface area contributed by atoms with Gasteiger partial charge in [-0.15, -0.1) is 11.8 Å². The van der Waals surface area contributed by atoms with Crippen molar-refractivity contribution in [3.8, 4) is 0 Å². The molecular weight excluding hydrogens is 390 g/mol. The minimum absolute atomic E-state index is 0.117. The van der Waals surface area contributed by atoms with E-state index in [0.717, 1.165) is 18.5 Å². The van der Waals surface area contributed by atoms with Gasteiger partial charge < -0.3 is 4.98 Å². The van der Waals surface area contributed by atoms with E-state index in [-0.39, 0.29) is 11.4 Å². The number of rotatable bonds is 5. The molecule has 0 fully saturated rings. The van der Waals surface area contributed by atoms with Gasteiger partial charge in [-0.2, -0.15) is 0 Å². The highest BCUT2D eigenvalue weighted by molar-refractivity contribution is 14.1. The van der Waals surface area contributed by atoms with Gasteiger partial charge in [-0.3, -0.25) is 4.79 Å². The van der Waals surface area contributed by atoms with Crippen LogP contribution >= 0.6 is 34.4 Å². The summed E-state index contributed by atoms with van der Waals surface area (Å²) in [7, 11) is 0. The van der Waals surface area contributed by atoms with Crippen LogP contribution in [-0.2, 0) is 12.2 Å². The van der Waals surface area contributed by atoms with Crippen LogP contribution in [0, 0.1) is 9.39 Å². The van der Waals surface area contributed by atoms with E-state index in [1.165, 1.54) is 17.8 Å². The Morgan fingerprint density at radius 3 is 2.85 bits per heavy atom. The summed E-state index contributed by atoms with van der Waals surface area (Å²) < 4.78 is 14.2. The number of thioether (sulfide) groups is 1. The minimum atomic E-state index is -0.251. The largest absolute Gasteiger partial charge is 0.309 e. The number of nitrogens with zero attached hydrogens (tertiary/aromatic N) is 1. The number of aromatic nitrogens is 2. The highest BCUT2D eigenvalue weighted by atomic mass is 127. The molecule has 0 aliphatic rings. The number of benzene rings is 1. The van der Waals surface area contributed by atoms with E-state index in [1.54, 1.807) is 18.2 Å². The molecule has 0 radical (unpaired) electrons. The number of nitrogens with one attached hydrogen (secondary N) is 1. The minimum Gasteiger partial charge on any atom is -0.309 e. The molecule has 0 aliphatic heterocycles. The maximum Gasteiger partial charge on any atom is 0.264 e. The summed E-state index contributed by atoms with van der Waals surface area (Å²) in [4.78, 5) is 19.6. The van der Waals surface area contributed by atoms with Gasteiger partial charge in [0.1, 0.15) is 11.6 Å². The first-order chi connectivity index (χ1) is 9.61. The Morgan fingerprint density at radius 1 is 1.40 bits per heavy atom. The summed E-state index contributed by atoms with van der Waals surface area (Å²) in [6.45, 7) is 2.05. The lowest BCUT2D eigenvalue weighted by Crippen LogP contribution is -2.17. The van der Waals surface area contributed by atoms with Crippen LogP contribution in [0.3, 0.4) is 0 Å². The summed E-state index contributed by atoms with van der Waals surface area (Å²) in [5.41, 5.74) is 0.703. The molecule has 20 heavy (non-hydrogen) atoms. The average Bonchev–Trinajstić information content (AvgIpc) is 2.43. The summed E-state index contributed by atoms with van der Waals surface area (Å²) >= 11 is 3.35. The van der Waals surface area contributed by atoms with Gasteiger partial charge in [0.25, 0.3) is 5.56 Å². The van der Waals surface area contributed by atoms with Gasteiger partial charge in [0.15, 0.2) is 0 Å². The van der Waals surface area contributed by atoms with Gasteiger partial charge in [-0.05, 0) is 41.1 Å². The molecule has 1 heterocycles. The molecule has 2 rings (SSSR count). The van der Waals surface area contributed by atoms with Crippen LogP contribution in [0.15, 0.2) is 34.0 Å². The maximum absolute atomic E-state index is 13.5. The van der Waals surface area contributed by atoms with Crippen LogP contribution in [-0.4, -0.2) is 9.97 Å². The lowest BCUT2D eigenvalue weighted by atomic mass is 10.2. The monoisotopic (exact) mass is 404 g/mol. The molecule has 0 bridgehead atoms. The number of aryl methyl sites for hydroxylation is 1. The maximum atomic E-state index is 13.5. The van der Waals surface area contributed by atoms with Crippen molar-refractivity contribution in [1.29, 1.82) is 0 Å². The molecule has 2 aromatic rings. The predicted octanol–water partition coefficient (Wildman–Crippen LogP) is 3.76. The average molecular weight is 404 g/mol. The number of aromatic amines is 1. The second-order valence-corrected chi connectivity index (χ2v) is 6.34. The summed E-state index contributed by atoms with van der Waals surface area (Å²) in [6.07, 6.45) is 1.71.